The number of H-pyrrole nitrogens is 1. The fourth-order valence-electron chi connectivity index (χ4n) is 4.64. The lowest BCUT2D eigenvalue weighted by Gasteiger charge is -2.60. The molecular formula is C19H26N2O. The van der Waals surface area contributed by atoms with Crippen molar-refractivity contribution in [2.24, 2.45) is 11.3 Å². The summed E-state index contributed by atoms with van der Waals surface area (Å²) in [6.45, 7) is 6.69. The maximum Gasteiger partial charge on any atom is 0.0684 e. The number of nitrogens with one attached hydrogen (secondary N) is 2. The van der Waals surface area contributed by atoms with Gasteiger partial charge < -0.3 is 15.0 Å². The molecule has 1 aromatic heterocycles. The van der Waals surface area contributed by atoms with Crippen molar-refractivity contribution in [3.05, 3.63) is 36.0 Å². The van der Waals surface area contributed by atoms with Gasteiger partial charge in [-0.25, -0.2) is 0 Å². The topological polar surface area (TPSA) is 37.0 Å². The summed E-state index contributed by atoms with van der Waals surface area (Å²) in [4.78, 5) is 3.37. The summed E-state index contributed by atoms with van der Waals surface area (Å²) in [7, 11) is 0. The summed E-state index contributed by atoms with van der Waals surface area (Å²) in [5.41, 5.74) is 2.92. The van der Waals surface area contributed by atoms with E-state index in [1.54, 1.807) is 0 Å². The van der Waals surface area contributed by atoms with Gasteiger partial charge in [-0.2, -0.15) is 0 Å². The summed E-state index contributed by atoms with van der Waals surface area (Å²) in [6, 6.07) is 9.15. The highest BCUT2D eigenvalue weighted by Gasteiger charge is 2.57. The molecule has 0 radical (unpaired) electrons. The Morgan fingerprint density at radius 1 is 1.32 bits per heavy atom. The molecule has 0 spiro atoms. The lowest BCUT2D eigenvalue weighted by Crippen LogP contribution is -2.69. The van der Waals surface area contributed by atoms with Gasteiger partial charge in [-0.15, -0.1) is 0 Å². The van der Waals surface area contributed by atoms with Gasteiger partial charge in [0.1, 0.15) is 0 Å². The Hall–Kier alpha value is -1.32. The molecule has 2 N–H and O–H groups in total. The second-order valence-electron chi connectivity index (χ2n) is 7.46. The third kappa shape index (κ3) is 2.19. The minimum Gasteiger partial charge on any atom is -0.377 e. The molecule has 2 fully saturated rings. The SMILES string of the molecule is CC1(C)C(NCCc2c[nH]c3ccccc23)C2CCCOC21. The predicted octanol–water partition coefficient (Wildman–Crippen LogP) is 3.50. The number of rotatable bonds is 4. The van der Waals surface area contributed by atoms with Crippen LogP contribution in [0, 0.1) is 11.3 Å². The third-order valence-electron chi connectivity index (χ3n) is 5.76. The van der Waals surface area contributed by atoms with Gasteiger partial charge in [0.2, 0.25) is 0 Å². The summed E-state index contributed by atoms with van der Waals surface area (Å²) in [6.07, 6.45) is 6.24. The first-order chi connectivity index (χ1) is 10.7. The van der Waals surface area contributed by atoms with Crippen LogP contribution in [-0.4, -0.2) is 30.3 Å². The van der Waals surface area contributed by atoms with Crippen LogP contribution in [0.1, 0.15) is 32.3 Å². The summed E-state index contributed by atoms with van der Waals surface area (Å²) < 4.78 is 5.99. The molecule has 3 heteroatoms. The number of para-hydroxylation sites is 1. The van der Waals surface area contributed by atoms with Crippen molar-refractivity contribution in [2.75, 3.05) is 13.2 Å². The smallest absolute Gasteiger partial charge is 0.0684 e. The van der Waals surface area contributed by atoms with Gasteiger partial charge in [-0.05, 0) is 37.4 Å². The number of hydrogen-bond acceptors (Lipinski definition) is 2. The molecule has 2 aromatic rings. The minimum absolute atomic E-state index is 0.269. The average Bonchev–Trinajstić information content (AvgIpc) is 2.95. The van der Waals surface area contributed by atoms with Crippen LogP contribution < -0.4 is 5.32 Å². The number of aromatic amines is 1. The molecule has 0 amide bonds. The van der Waals surface area contributed by atoms with Gasteiger partial charge in [0.15, 0.2) is 0 Å². The van der Waals surface area contributed by atoms with E-state index in [9.17, 15) is 0 Å². The Kier molecular flexibility index (Phi) is 3.50. The Morgan fingerprint density at radius 3 is 3.09 bits per heavy atom. The highest BCUT2D eigenvalue weighted by atomic mass is 16.5. The van der Waals surface area contributed by atoms with Crippen LogP contribution in [0.3, 0.4) is 0 Å². The van der Waals surface area contributed by atoms with Crippen molar-refractivity contribution in [1.29, 1.82) is 0 Å². The molecule has 2 aliphatic rings. The molecule has 1 saturated carbocycles. The maximum absolute atomic E-state index is 5.99. The highest BCUT2D eigenvalue weighted by molar-refractivity contribution is 5.83. The van der Waals surface area contributed by atoms with Crippen LogP contribution in [0.25, 0.3) is 10.9 Å². The first kappa shape index (κ1) is 14.3. The van der Waals surface area contributed by atoms with Gasteiger partial charge >= 0.3 is 0 Å². The molecule has 3 unspecified atom stereocenters. The van der Waals surface area contributed by atoms with Gasteiger partial charge in [0.05, 0.1) is 6.10 Å². The molecule has 1 aliphatic heterocycles. The molecule has 1 aliphatic carbocycles. The van der Waals surface area contributed by atoms with E-state index in [0.29, 0.717) is 18.1 Å². The van der Waals surface area contributed by atoms with E-state index in [1.807, 2.05) is 0 Å². The lowest BCUT2D eigenvalue weighted by atomic mass is 9.55. The van der Waals surface area contributed by atoms with E-state index in [4.69, 9.17) is 4.74 Å². The van der Waals surface area contributed by atoms with Gasteiger partial charge in [0.25, 0.3) is 0 Å². The van der Waals surface area contributed by atoms with E-state index in [-0.39, 0.29) is 5.41 Å². The third-order valence-corrected chi connectivity index (χ3v) is 5.76. The van der Waals surface area contributed by atoms with Crippen LogP contribution in [0.15, 0.2) is 30.5 Å². The van der Waals surface area contributed by atoms with Crippen molar-refractivity contribution >= 4 is 10.9 Å². The normalized spacial score (nSPS) is 30.0. The van der Waals surface area contributed by atoms with Crippen molar-refractivity contribution < 1.29 is 4.74 Å². The van der Waals surface area contributed by atoms with Gasteiger partial charge in [0, 0.05) is 41.1 Å². The lowest BCUT2D eigenvalue weighted by molar-refractivity contribution is -0.192. The zero-order valence-corrected chi connectivity index (χ0v) is 13.6. The van der Waals surface area contributed by atoms with E-state index < -0.39 is 0 Å². The zero-order valence-electron chi connectivity index (χ0n) is 13.6. The molecule has 2 heterocycles. The minimum atomic E-state index is 0.269. The first-order valence-corrected chi connectivity index (χ1v) is 8.58. The molecule has 22 heavy (non-hydrogen) atoms. The largest absolute Gasteiger partial charge is 0.377 e. The zero-order chi connectivity index (χ0) is 15.2. The highest BCUT2D eigenvalue weighted by Crippen LogP contribution is 2.51. The number of ether oxygens (including phenoxy) is 1. The summed E-state index contributed by atoms with van der Waals surface area (Å²) in [5.74, 6) is 0.715. The molecular weight excluding hydrogens is 272 g/mol. The van der Waals surface area contributed by atoms with E-state index >= 15 is 0 Å². The molecule has 0 bridgehead atoms. The monoisotopic (exact) mass is 298 g/mol. The molecule has 3 nitrogen and oxygen atoms in total. The second-order valence-corrected chi connectivity index (χ2v) is 7.46. The summed E-state index contributed by atoms with van der Waals surface area (Å²) in [5, 5.41) is 5.18. The molecule has 1 saturated heterocycles. The van der Waals surface area contributed by atoms with Crippen molar-refractivity contribution in [3.63, 3.8) is 0 Å². The fourth-order valence-corrected chi connectivity index (χ4v) is 4.64. The van der Waals surface area contributed by atoms with Crippen LogP contribution in [-0.2, 0) is 11.2 Å². The maximum atomic E-state index is 5.99. The first-order valence-electron chi connectivity index (χ1n) is 8.58. The Bertz CT molecular complexity index is 660. The van der Waals surface area contributed by atoms with Gasteiger partial charge in [-0.1, -0.05) is 32.0 Å². The van der Waals surface area contributed by atoms with Crippen molar-refractivity contribution in [2.45, 2.75) is 45.3 Å². The fraction of sp³-hybridized carbons (Fsp3) is 0.579. The number of aromatic nitrogens is 1. The Labute approximate surface area is 132 Å². The van der Waals surface area contributed by atoms with Gasteiger partial charge in [-0.3, -0.25) is 0 Å². The Morgan fingerprint density at radius 2 is 2.18 bits per heavy atom. The van der Waals surface area contributed by atoms with Crippen LogP contribution in [0.2, 0.25) is 0 Å². The van der Waals surface area contributed by atoms with E-state index in [1.165, 1.54) is 29.3 Å². The van der Waals surface area contributed by atoms with Crippen molar-refractivity contribution in [3.8, 4) is 0 Å². The van der Waals surface area contributed by atoms with Crippen molar-refractivity contribution in [1.82, 2.24) is 10.3 Å². The molecule has 4 rings (SSSR count). The number of hydrogen-bond donors (Lipinski definition) is 2. The molecule has 3 atom stereocenters. The molecule has 1 aromatic carbocycles. The number of fused-ring (bicyclic) bond motifs is 2. The number of benzene rings is 1. The Balaban J connectivity index is 1.39. The van der Waals surface area contributed by atoms with Crippen LogP contribution in [0.4, 0.5) is 0 Å². The van der Waals surface area contributed by atoms with E-state index in [0.717, 1.165) is 19.6 Å². The molecule has 118 valence electrons. The second kappa shape index (κ2) is 5.39. The summed E-state index contributed by atoms with van der Waals surface area (Å²) >= 11 is 0. The quantitative estimate of drug-likeness (QED) is 0.906. The standard InChI is InChI=1S/C19H26N2O/c1-19(2)17(15-7-5-11-22-18(15)19)20-10-9-13-12-21-16-8-4-3-6-14(13)16/h3-4,6,8,12,15,17-18,20-21H,5,7,9-11H2,1-2H3. The predicted molar refractivity (Wildman–Crippen MR) is 90.0 cm³/mol. The van der Waals surface area contributed by atoms with Crippen LogP contribution in [0.5, 0.6) is 0 Å². The van der Waals surface area contributed by atoms with E-state index in [2.05, 4.69) is 54.6 Å². The average molecular weight is 298 g/mol. The van der Waals surface area contributed by atoms with Crippen LogP contribution >= 0.6 is 0 Å².